The number of fused-ring (bicyclic) bond motifs is 1. The van der Waals surface area contributed by atoms with Crippen molar-refractivity contribution in [2.75, 3.05) is 70.7 Å². The summed E-state index contributed by atoms with van der Waals surface area (Å²) in [5.74, 6) is 0.907. The molecule has 1 aliphatic heterocycles. The van der Waals surface area contributed by atoms with E-state index in [0.29, 0.717) is 28.6 Å². The number of hydrogen-bond acceptors (Lipinski definition) is 9. The molecule has 1 saturated heterocycles. The van der Waals surface area contributed by atoms with Crippen molar-refractivity contribution in [3.8, 4) is 17.0 Å². The van der Waals surface area contributed by atoms with Crippen LogP contribution < -0.4 is 15.0 Å². The maximum Gasteiger partial charge on any atom is 0.258 e. The van der Waals surface area contributed by atoms with Gasteiger partial charge in [0.15, 0.2) is 0 Å². The van der Waals surface area contributed by atoms with Gasteiger partial charge in [0.05, 0.1) is 35.5 Å². The molecule has 2 fully saturated rings. The maximum atomic E-state index is 13.8. The first kappa shape index (κ1) is 30.9. The zero-order valence-electron chi connectivity index (χ0n) is 26.7. The number of carbonyl (C=O) groups is 1. The molecule has 238 valence electrons. The Morgan fingerprint density at radius 3 is 2.56 bits per heavy atom. The zero-order chi connectivity index (χ0) is 31.5. The van der Waals surface area contributed by atoms with E-state index in [4.69, 9.17) is 9.72 Å². The lowest BCUT2D eigenvalue weighted by atomic mass is 9.93. The highest BCUT2D eigenvalue weighted by atomic mass is 16.5. The van der Waals surface area contributed by atoms with Crippen molar-refractivity contribution < 1.29 is 14.6 Å². The van der Waals surface area contributed by atoms with E-state index in [1.807, 2.05) is 6.92 Å². The summed E-state index contributed by atoms with van der Waals surface area (Å²) in [5, 5.41) is 13.4. The number of aliphatic hydroxyl groups excluding tert-OH is 1. The van der Waals surface area contributed by atoms with E-state index in [9.17, 15) is 9.90 Å². The molecule has 2 N–H and O–H groups in total. The number of piperazine rings is 1. The summed E-state index contributed by atoms with van der Waals surface area (Å²) >= 11 is 0. The van der Waals surface area contributed by atoms with Crippen LogP contribution in [0.2, 0.25) is 0 Å². The molecule has 0 unspecified atom stereocenters. The van der Waals surface area contributed by atoms with Gasteiger partial charge in [0.25, 0.3) is 5.91 Å². The van der Waals surface area contributed by atoms with Crippen molar-refractivity contribution >= 4 is 28.6 Å². The van der Waals surface area contributed by atoms with Crippen LogP contribution in [-0.2, 0) is 0 Å². The Morgan fingerprint density at radius 1 is 1.04 bits per heavy atom. The third-order valence-corrected chi connectivity index (χ3v) is 9.02. The van der Waals surface area contributed by atoms with Crippen molar-refractivity contribution in [2.24, 2.45) is 0 Å². The molecule has 2 aliphatic rings. The molecule has 11 nitrogen and oxygen atoms in total. The number of carbonyl (C=O) groups excluding carboxylic acids is 1. The number of hydrogen-bond donors (Lipinski definition) is 2. The zero-order valence-corrected chi connectivity index (χ0v) is 26.7. The van der Waals surface area contributed by atoms with Gasteiger partial charge in [0.2, 0.25) is 5.95 Å². The monoisotopic (exact) mass is 612 g/mol. The lowest BCUT2D eigenvalue weighted by Gasteiger charge is -2.36. The van der Waals surface area contributed by atoms with E-state index >= 15 is 0 Å². The molecule has 0 spiro atoms. The van der Waals surface area contributed by atoms with Crippen molar-refractivity contribution in [3.05, 3.63) is 60.0 Å². The normalized spacial score (nSPS) is 19.3. The molecule has 4 heterocycles. The molecular formula is C34H44N8O3. The molecule has 6 rings (SSSR count). The Hall–Kier alpha value is -4.06. The number of aromatic nitrogens is 4. The molecule has 0 bridgehead atoms. The topological polar surface area (TPSA) is 112 Å². The van der Waals surface area contributed by atoms with Crippen molar-refractivity contribution in [3.63, 3.8) is 0 Å². The Bertz CT molecular complexity index is 1640. The second kappa shape index (κ2) is 13.5. The van der Waals surface area contributed by atoms with Gasteiger partial charge in [-0.3, -0.25) is 25.0 Å². The number of amides is 1. The number of benzene rings is 1. The fourth-order valence-electron chi connectivity index (χ4n) is 6.49. The number of aliphatic hydroxyl groups is 1. The van der Waals surface area contributed by atoms with Crippen molar-refractivity contribution in [1.82, 2.24) is 29.3 Å². The molecule has 4 aromatic rings. The van der Waals surface area contributed by atoms with Gasteiger partial charge >= 0.3 is 0 Å². The minimum Gasteiger partial charge on any atom is -0.496 e. The Balaban J connectivity index is 1.29. The van der Waals surface area contributed by atoms with Crippen LogP contribution in [0.3, 0.4) is 0 Å². The molecule has 1 amide bonds. The average Bonchev–Trinajstić information content (AvgIpc) is 3.41. The van der Waals surface area contributed by atoms with Crippen LogP contribution in [-0.4, -0.2) is 107 Å². The van der Waals surface area contributed by atoms with Gasteiger partial charge in [0.1, 0.15) is 5.75 Å². The van der Waals surface area contributed by atoms with Crippen LogP contribution in [0.25, 0.3) is 22.3 Å². The summed E-state index contributed by atoms with van der Waals surface area (Å²) in [6.07, 6.45) is 6.18. The van der Waals surface area contributed by atoms with E-state index in [1.54, 1.807) is 37.7 Å². The number of nitrogens with one attached hydrogen (secondary N) is 1. The molecule has 0 atom stereocenters. The van der Waals surface area contributed by atoms with Crippen LogP contribution in [0.5, 0.6) is 5.75 Å². The van der Waals surface area contributed by atoms with Gasteiger partial charge in [-0.15, -0.1) is 0 Å². The number of imidazole rings is 1. The third-order valence-electron chi connectivity index (χ3n) is 9.02. The Labute approximate surface area is 264 Å². The quantitative estimate of drug-likeness (QED) is 0.287. The summed E-state index contributed by atoms with van der Waals surface area (Å²) in [6, 6.07) is 11.9. The van der Waals surface area contributed by atoms with E-state index in [2.05, 4.69) is 66.8 Å². The number of anilines is 2. The van der Waals surface area contributed by atoms with Gasteiger partial charge in [0, 0.05) is 74.6 Å². The molecule has 1 aromatic carbocycles. The van der Waals surface area contributed by atoms with Crippen LogP contribution in [0.4, 0.5) is 11.6 Å². The standard InChI is InChI=1S/C34H44N8O3/c1-23-19-24(20-30(36-23)28-22-35-12-11-32(28)45-4)33(44)38-34-37-29-10-7-26(41-17-15-40(16-18-41)14-13-39(2)3)21-31(29)42(34)25-5-8-27(43)9-6-25/h7,10-12,19-22,25,27,43H,5-6,8-9,13-18H2,1-4H3,(H,37,38,44). The number of methoxy groups -OCH3 is 1. The molecule has 0 radical (unpaired) electrons. The van der Waals surface area contributed by atoms with Gasteiger partial charge in [-0.25, -0.2) is 4.98 Å². The van der Waals surface area contributed by atoms with Crippen LogP contribution >= 0.6 is 0 Å². The minimum atomic E-state index is -0.281. The fraction of sp³-hybridized carbons (Fsp3) is 0.471. The van der Waals surface area contributed by atoms with Crippen molar-refractivity contribution in [1.29, 1.82) is 0 Å². The summed E-state index contributed by atoms with van der Waals surface area (Å²) < 4.78 is 7.71. The van der Waals surface area contributed by atoms with E-state index in [1.165, 1.54) is 5.69 Å². The lowest BCUT2D eigenvalue weighted by molar-refractivity contribution is 0.102. The molecule has 3 aromatic heterocycles. The van der Waals surface area contributed by atoms with Crippen LogP contribution in [0, 0.1) is 6.92 Å². The summed E-state index contributed by atoms with van der Waals surface area (Å²) in [7, 11) is 5.84. The molecule has 1 aliphatic carbocycles. The predicted octanol–water partition coefficient (Wildman–Crippen LogP) is 4.22. The predicted molar refractivity (Wildman–Crippen MR) is 177 cm³/mol. The third kappa shape index (κ3) is 6.95. The highest BCUT2D eigenvalue weighted by Gasteiger charge is 2.27. The summed E-state index contributed by atoms with van der Waals surface area (Å²) in [4.78, 5) is 34.8. The number of likely N-dealkylation sites (N-methyl/N-ethyl adjacent to an activating group) is 1. The molecule has 45 heavy (non-hydrogen) atoms. The number of rotatable bonds is 9. The second-order valence-electron chi connectivity index (χ2n) is 12.5. The first-order valence-electron chi connectivity index (χ1n) is 15.9. The maximum absolute atomic E-state index is 13.8. The largest absolute Gasteiger partial charge is 0.496 e. The minimum absolute atomic E-state index is 0.126. The highest BCUT2D eigenvalue weighted by Crippen LogP contribution is 2.36. The fourth-order valence-corrected chi connectivity index (χ4v) is 6.49. The number of ether oxygens (including phenoxy) is 1. The van der Waals surface area contributed by atoms with Crippen molar-refractivity contribution in [2.45, 2.75) is 44.8 Å². The van der Waals surface area contributed by atoms with Gasteiger partial charge < -0.3 is 24.2 Å². The van der Waals surface area contributed by atoms with Crippen LogP contribution in [0.1, 0.15) is 47.8 Å². The van der Waals surface area contributed by atoms with Crippen LogP contribution in [0.15, 0.2) is 48.8 Å². The SMILES string of the molecule is COc1ccncc1-c1cc(C(=O)Nc2nc3ccc(N4CCN(CCN(C)C)CC4)cc3n2C2CCC(O)CC2)cc(C)n1. The smallest absolute Gasteiger partial charge is 0.258 e. The Morgan fingerprint density at radius 2 is 1.82 bits per heavy atom. The first-order chi connectivity index (χ1) is 21.8. The molecule has 1 saturated carbocycles. The van der Waals surface area contributed by atoms with Gasteiger partial charge in [-0.2, -0.15) is 0 Å². The number of nitrogens with zero attached hydrogens (tertiary/aromatic N) is 7. The molecular weight excluding hydrogens is 568 g/mol. The first-order valence-corrected chi connectivity index (χ1v) is 15.9. The summed E-state index contributed by atoms with van der Waals surface area (Å²) in [6.45, 7) is 8.02. The Kier molecular flexibility index (Phi) is 9.29. The summed E-state index contributed by atoms with van der Waals surface area (Å²) in [5.41, 5.74) is 5.55. The van der Waals surface area contributed by atoms with E-state index in [0.717, 1.165) is 81.5 Å². The van der Waals surface area contributed by atoms with Gasteiger partial charge in [-0.05, 0) is 83.1 Å². The van der Waals surface area contributed by atoms with E-state index in [-0.39, 0.29) is 18.1 Å². The van der Waals surface area contributed by atoms with E-state index < -0.39 is 0 Å². The average molecular weight is 613 g/mol. The number of aryl methyl sites for hydroxylation is 1. The molecule has 11 heteroatoms. The van der Waals surface area contributed by atoms with Gasteiger partial charge in [-0.1, -0.05) is 0 Å². The second-order valence-corrected chi connectivity index (χ2v) is 12.5. The number of pyridine rings is 2. The highest BCUT2D eigenvalue weighted by molar-refractivity contribution is 6.05. The lowest BCUT2D eigenvalue weighted by Crippen LogP contribution is -2.48.